The van der Waals surface area contributed by atoms with Gasteiger partial charge in [0.2, 0.25) is 0 Å². The summed E-state index contributed by atoms with van der Waals surface area (Å²) >= 11 is 0. The zero-order chi connectivity index (χ0) is 13.7. The Labute approximate surface area is 111 Å². The number of carbonyl (C=O) groups excluding carboxylic acids is 1. The minimum atomic E-state index is -0.491. The highest BCUT2D eigenvalue weighted by molar-refractivity contribution is 5.93. The molecule has 2 aromatic rings. The molecular formula is C14H14N2O3. The van der Waals surface area contributed by atoms with Crippen molar-refractivity contribution in [3.8, 4) is 5.75 Å². The predicted molar refractivity (Wildman–Crippen MR) is 70.8 cm³/mol. The number of rotatable bonds is 4. The smallest absolute Gasteiger partial charge is 0.342 e. The van der Waals surface area contributed by atoms with Crippen molar-refractivity contribution in [1.82, 2.24) is 4.98 Å². The Morgan fingerprint density at radius 2 is 2.16 bits per heavy atom. The van der Waals surface area contributed by atoms with E-state index in [9.17, 15) is 4.79 Å². The summed E-state index contributed by atoms with van der Waals surface area (Å²) in [7, 11) is 1.49. The van der Waals surface area contributed by atoms with Crippen molar-refractivity contribution in [2.45, 2.75) is 6.61 Å². The Kier molecular flexibility index (Phi) is 3.97. The van der Waals surface area contributed by atoms with Crippen molar-refractivity contribution < 1.29 is 14.3 Å². The molecule has 1 heterocycles. The molecule has 98 valence electrons. The second kappa shape index (κ2) is 5.86. The largest absolute Gasteiger partial charge is 0.496 e. The number of carbonyl (C=O) groups is 1. The lowest BCUT2D eigenvalue weighted by Gasteiger charge is -2.09. The van der Waals surface area contributed by atoms with Crippen LogP contribution in [0.2, 0.25) is 0 Å². The van der Waals surface area contributed by atoms with Crippen LogP contribution in [-0.4, -0.2) is 18.1 Å². The van der Waals surface area contributed by atoms with Crippen LogP contribution in [0.4, 0.5) is 5.69 Å². The number of methoxy groups -OCH3 is 1. The highest BCUT2D eigenvalue weighted by atomic mass is 16.5. The molecule has 0 spiro atoms. The van der Waals surface area contributed by atoms with E-state index >= 15 is 0 Å². The SMILES string of the molecule is COc1ccc(N)cc1C(=O)OCc1ccccn1. The van der Waals surface area contributed by atoms with Crippen LogP contribution in [0, 0.1) is 0 Å². The molecule has 0 atom stereocenters. The van der Waals surface area contributed by atoms with Gasteiger partial charge in [0, 0.05) is 11.9 Å². The highest BCUT2D eigenvalue weighted by Gasteiger charge is 2.14. The topological polar surface area (TPSA) is 74.4 Å². The summed E-state index contributed by atoms with van der Waals surface area (Å²) in [5, 5.41) is 0. The molecule has 0 aliphatic carbocycles. The maximum absolute atomic E-state index is 12.0. The van der Waals surface area contributed by atoms with Crippen molar-refractivity contribution in [1.29, 1.82) is 0 Å². The lowest BCUT2D eigenvalue weighted by atomic mass is 10.2. The van der Waals surface area contributed by atoms with Crippen molar-refractivity contribution in [2.24, 2.45) is 0 Å². The van der Waals surface area contributed by atoms with E-state index in [0.717, 1.165) is 0 Å². The number of ether oxygens (including phenoxy) is 2. The molecule has 2 rings (SSSR count). The third kappa shape index (κ3) is 3.22. The van der Waals surface area contributed by atoms with Crippen LogP contribution >= 0.6 is 0 Å². The molecule has 0 aliphatic rings. The summed E-state index contributed by atoms with van der Waals surface area (Å²) in [5.41, 5.74) is 7.11. The Balaban J connectivity index is 2.10. The average molecular weight is 258 g/mol. The standard InChI is InChI=1S/C14H14N2O3/c1-18-13-6-5-10(15)8-12(13)14(17)19-9-11-4-2-3-7-16-11/h2-8H,9,15H2,1H3. The quantitative estimate of drug-likeness (QED) is 0.671. The molecule has 0 fully saturated rings. The first-order valence-corrected chi connectivity index (χ1v) is 5.71. The maximum atomic E-state index is 12.0. The third-order valence-electron chi connectivity index (χ3n) is 2.52. The number of anilines is 1. The highest BCUT2D eigenvalue weighted by Crippen LogP contribution is 2.22. The first-order chi connectivity index (χ1) is 9.20. The predicted octanol–water partition coefficient (Wildman–Crippen LogP) is 2.03. The van der Waals surface area contributed by atoms with Crippen molar-refractivity contribution >= 4 is 11.7 Å². The van der Waals surface area contributed by atoms with Gasteiger partial charge in [-0.25, -0.2) is 4.79 Å². The zero-order valence-electron chi connectivity index (χ0n) is 10.5. The normalized spacial score (nSPS) is 9.95. The van der Waals surface area contributed by atoms with Gasteiger partial charge in [-0.15, -0.1) is 0 Å². The van der Waals surface area contributed by atoms with Gasteiger partial charge >= 0.3 is 5.97 Å². The molecule has 0 radical (unpaired) electrons. The van der Waals surface area contributed by atoms with E-state index in [-0.39, 0.29) is 6.61 Å². The minimum Gasteiger partial charge on any atom is -0.496 e. The number of nitrogens with zero attached hydrogens (tertiary/aromatic N) is 1. The van der Waals surface area contributed by atoms with Crippen molar-refractivity contribution in [2.75, 3.05) is 12.8 Å². The fourth-order valence-corrected chi connectivity index (χ4v) is 1.59. The van der Waals surface area contributed by atoms with E-state index in [1.165, 1.54) is 13.2 Å². The van der Waals surface area contributed by atoms with Crippen LogP contribution in [0.15, 0.2) is 42.6 Å². The summed E-state index contributed by atoms with van der Waals surface area (Å²) in [6.07, 6.45) is 1.64. The van der Waals surface area contributed by atoms with Crippen LogP contribution in [0.5, 0.6) is 5.75 Å². The summed E-state index contributed by atoms with van der Waals surface area (Å²) in [6.45, 7) is 0.109. The fourth-order valence-electron chi connectivity index (χ4n) is 1.59. The molecule has 1 aromatic heterocycles. The molecule has 0 bridgehead atoms. The lowest BCUT2D eigenvalue weighted by molar-refractivity contribution is 0.0464. The monoisotopic (exact) mass is 258 g/mol. The van der Waals surface area contributed by atoms with Crippen molar-refractivity contribution in [3.05, 3.63) is 53.9 Å². The zero-order valence-corrected chi connectivity index (χ0v) is 10.5. The van der Waals surface area contributed by atoms with E-state index in [0.29, 0.717) is 22.7 Å². The number of hydrogen-bond donors (Lipinski definition) is 1. The average Bonchev–Trinajstić information content (AvgIpc) is 2.46. The van der Waals surface area contributed by atoms with Gasteiger partial charge in [-0.3, -0.25) is 4.98 Å². The molecule has 0 saturated carbocycles. The first kappa shape index (κ1) is 12.9. The van der Waals surface area contributed by atoms with Gasteiger partial charge < -0.3 is 15.2 Å². The van der Waals surface area contributed by atoms with E-state index in [1.54, 1.807) is 30.5 Å². The molecule has 0 aliphatic heterocycles. The summed E-state index contributed by atoms with van der Waals surface area (Å²) in [5.74, 6) is -0.0602. The summed E-state index contributed by atoms with van der Waals surface area (Å²) < 4.78 is 10.3. The number of benzene rings is 1. The van der Waals surface area contributed by atoms with Gasteiger partial charge in [-0.05, 0) is 30.3 Å². The molecule has 1 aromatic carbocycles. The third-order valence-corrected chi connectivity index (χ3v) is 2.52. The van der Waals surface area contributed by atoms with Crippen LogP contribution in [0.1, 0.15) is 16.1 Å². The Morgan fingerprint density at radius 3 is 2.84 bits per heavy atom. The molecule has 5 nitrogen and oxygen atoms in total. The fraction of sp³-hybridized carbons (Fsp3) is 0.143. The molecule has 2 N–H and O–H groups in total. The summed E-state index contributed by atoms with van der Waals surface area (Å²) in [4.78, 5) is 16.0. The molecule has 19 heavy (non-hydrogen) atoms. The number of aromatic nitrogens is 1. The van der Waals surface area contributed by atoms with Crippen LogP contribution in [0.25, 0.3) is 0 Å². The second-order valence-corrected chi connectivity index (χ2v) is 3.86. The molecule has 0 saturated heterocycles. The van der Waals surface area contributed by atoms with Crippen LogP contribution < -0.4 is 10.5 Å². The summed E-state index contributed by atoms with van der Waals surface area (Å²) in [6, 6.07) is 10.2. The molecule has 5 heteroatoms. The number of hydrogen-bond acceptors (Lipinski definition) is 5. The second-order valence-electron chi connectivity index (χ2n) is 3.86. The van der Waals surface area contributed by atoms with Gasteiger partial charge in [0.25, 0.3) is 0 Å². The van der Waals surface area contributed by atoms with E-state index in [2.05, 4.69) is 4.98 Å². The molecule has 0 unspecified atom stereocenters. The number of nitrogen functional groups attached to an aromatic ring is 1. The van der Waals surface area contributed by atoms with E-state index in [1.807, 2.05) is 6.07 Å². The number of nitrogens with two attached hydrogens (primary N) is 1. The lowest BCUT2D eigenvalue weighted by Crippen LogP contribution is -2.08. The van der Waals surface area contributed by atoms with Gasteiger partial charge in [0.15, 0.2) is 0 Å². The van der Waals surface area contributed by atoms with Crippen molar-refractivity contribution in [3.63, 3.8) is 0 Å². The molecular weight excluding hydrogens is 244 g/mol. The van der Waals surface area contributed by atoms with Gasteiger partial charge in [0.05, 0.1) is 12.8 Å². The van der Waals surface area contributed by atoms with Gasteiger partial charge in [0.1, 0.15) is 17.9 Å². The number of pyridine rings is 1. The van der Waals surface area contributed by atoms with Gasteiger partial charge in [-0.1, -0.05) is 6.07 Å². The van der Waals surface area contributed by atoms with Crippen LogP contribution in [0.3, 0.4) is 0 Å². The Morgan fingerprint density at radius 1 is 1.32 bits per heavy atom. The molecule has 0 amide bonds. The van der Waals surface area contributed by atoms with Gasteiger partial charge in [-0.2, -0.15) is 0 Å². The Hall–Kier alpha value is -2.56. The van der Waals surface area contributed by atoms with Crippen LogP contribution in [-0.2, 0) is 11.3 Å². The Bertz CT molecular complexity index is 570. The first-order valence-electron chi connectivity index (χ1n) is 5.71. The maximum Gasteiger partial charge on any atom is 0.342 e. The van der Waals surface area contributed by atoms with E-state index in [4.69, 9.17) is 15.2 Å². The van der Waals surface area contributed by atoms with E-state index < -0.39 is 5.97 Å². The minimum absolute atomic E-state index is 0.109. The number of esters is 1.